The SMILES string of the molecule is CCCCN(C)C(=O)c1cncc(C(=O)Nc2cccc(C)c2C)c1. The van der Waals surface area contributed by atoms with Crippen molar-refractivity contribution in [3.05, 3.63) is 58.9 Å². The Kier molecular flexibility index (Phi) is 6.28. The molecule has 0 bridgehead atoms. The lowest BCUT2D eigenvalue weighted by atomic mass is 10.1. The van der Waals surface area contributed by atoms with Crippen LogP contribution in [0.1, 0.15) is 51.6 Å². The first-order valence-corrected chi connectivity index (χ1v) is 8.52. The number of nitrogens with one attached hydrogen (secondary N) is 1. The highest BCUT2D eigenvalue weighted by Gasteiger charge is 2.15. The molecule has 0 fully saturated rings. The van der Waals surface area contributed by atoms with Gasteiger partial charge in [-0.25, -0.2) is 0 Å². The molecular formula is C20H25N3O2. The molecule has 1 aromatic carbocycles. The molecule has 0 radical (unpaired) electrons. The number of carbonyl (C=O) groups excluding carboxylic acids is 2. The molecule has 2 aromatic rings. The van der Waals surface area contributed by atoms with Gasteiger partial charge in [-0.1, -0.05) is 25.5 Å². The minimum atomic E-state index is -0.271. The molecule has 0 unspecified atom stereocenters. The van der Waals surface area contributed by atoms with Crippen LogP contribution in [0.5, 0.6) is 0 Å². The quantitative estimate of drug-likeness (QED) is 0.870. The van der Waals surface area contributed by atoms with Crippen molar-refractivity contribution in [1.82, 2.24) is 9.88 Å². The Balaban J connectivity index is 2.16. The van der Waals surface area contributed by atoms with E-state index < -0.39 is 0 Å². The number of rotatable bonds is 6. The molecule has 0 saturated heterocycles. The van der Waals surface area contributed by atoms with Gasteiger partial charge in [0.2, 0.25) is 0 Å². The maximum Gasteiger partial charge on any atom is 0.257 e. The first-order valence-electron chi connectivity index (χ1n) is 8.52. The highest BCUT2D eigenvalue weighted by atomic mass is 16.2. The Morgan fingerprint density at radius 1 is 1.16 bits per heavy atom. The molecule has 0 saturated carbocycles. The Morgan fingerprint density at radius 2 is 1.88 bits per heavy atom. The van der Waals surface area contributed by atoms with E-state index in [1.54, 1.807) is 18.0 Å². The number of anilines is 1. The fraction of sp³-hybridized carbons (Fsp3) is 0.350. The van der Waals surface area contributed by atoms with E-state index in [9.17, 15) is 9.59 Å². The van der Waals surface area contributed by atoms with Gasteiger partial charge in [0.15, 0.2) is 0 Å². The topological polar surface area (TPSA) is 62.3 Å². The lowest BCUT2D eigenvalue weighted by Crippen LogP contribution is -2.28. The van der Waals surface area contributed by atoms with Crippen LogP contribution in [0.25, 0.3) is 0 Å². The second-order valence-electron chi connectivity index (χ2n) is 6.24. The van der Waals surface area contributed by atoms with Crippen LogP contribution in [0, 0.1) is 13.8 Å². The summed E-state index contributed by atoms with van der Waals surface area (Å²) in [6, 6.07) is 7.36. The fourth-order valence-corrected chi connectivity index (χ4v) is 2.48. The fourth-order valence-electron chi connectivity index (χ4n) is 2.48. The van der Waals surface area contributed by atoms with E-state index >= 15 is 0 Å². The first-order chi connectivity index (χ1) is 11.9. The van der Waals surface area contributed by atoms with Crippen LogP contribution in [0.15, 0.2) is 36.7 Å². The summed E-state index contributed by atoms with van der Waals surface area (Å²) in [5.41, 5.74) is 3.69. The summed E-state index contributed by atoms with van der Waals surface area (Å²) < 4.78 is 0. The average Bonchev–Trinajstić information content (AvgIpc) is 2.62. The van der Waals surface area contributed by atoms with Crippen LogP contribution in [-0.4, -0.2) is 35.3 Å². The molecule has 1 N–H and O–H groups in total. The summed E-state index contributed by atoms with van der Waals surface area (Å²) >= 11 is 0. The zero-order chi connectivity index (χ0) is 18.4. The molecule has 1 aromatic heterocycles. The second-order valence-corrected chi connectivity index (χ2v) is 6.24. The first kappa shape index (κ1) is 18.6. The van der Waals surface area contributed by atoms with Crippen molar-refractivity contribution < 1.29 is 9.59 Å². The van der Waals surface area contributed by atoms with E-state index in [0.717, 1.165) is 29.7 Å². The van der Waals surface area contributed by atoms with Gasteiger partial charge in [0.1, 0.15) is 0 Å². The Bertz CT molecular complexity index is 771. The van der Waals surface area contributed by atoms with Crippen molar-refractivity contribution in [2.45, 2.75) is 33.6 Å². The van der Waals surface area contributed by atoms with E-state index in [-0.39, 0.29) is 11.8 Å². The molecule has 0 atom stereocenters. The maximum atomic E-state index is 12.5. The van der Waals surface area contributed by atoms with Gasteiger partial charge in [-0.05, 0) is 43.5 Å². The summed E-state index contributed by atoms with van der Waals surface area (Å²) in [5.74, 6) is -0.394. The van der Waals surface area contributed by atoms with Crippen LogP contribution in [0.3, 0.4) is 0 Å². The number of carbonyl (C=O) groups is 2. The minimum absolute atomic E-state index is 0.123. The Hall–Kier alpha value is -2.69. The van der Waals surface area contributed by atoms with E-state index in [1.165, 1.54) is 12.4 Å². The van der Waals surface area contributed by atoms with Crippen molar-refractivity contribution in [1.29, 1.82) is 0 Å². The number of aromatic nitrogens is 1. The van der Waals surface area contributed by atoms with Crippen LogP contribution < -0.4 is 5.32 Å². The van der Waals surface area contributed by atoms with Gasteiger partial charge in [0, 0.05) is 31.7 Å². The Morgan fingerprint density at radius 3 is 2.60 bits per heavy atom. The lowest BCUT2D eigenvalue weighted by molar-refractivity contribution is 0.0793. The van der Waals surface area contributed by atoms with Crippen LogP contribution in [-0.2, 0) is 0 Å². The van der Waals surface area contributed by atoms with Crippen LogP contribution in [0.2, 0.25) is 0 Å². The third kappa shape index (κ3) is 4.66. The predicted octanol–water partition coefficient (Wildman–Crippen LogP) is 3.82. The molecular weight excluding hydrogens is 314 g/mol. The van der Waals surface area contributed by atoms with Gasteiger partial charge >= 0.3 is 0 Å². The van der Waals surface area contributed by atoms with Crippen molar-refractivity contribution in [2.75, 3.05) is 18.9 Å². The summed E-state index contributed by atoms with van der Waals surface area (Å²) in [6.07, 6.45) is 4.94. The average molecular weight is 339 g/mol. The van der Waals surface area contributed by atoms with Gasteiger partial charge in [-0.3, -0.25) is 14.6 Å². The summed E-state index contributed by atoms with van der Waals surface area (Å²) in [5, 5.41) is 2.89. The third-order valence-electron chi connectivity index (χ3n) is 4.29. The number of amides is 2. The Labute approximate surface area is 149 Å². The largest absolute Gasteiger partial charge is 0.342 e. The maximum absolute atomic E-state index is 12.5. The predicted molar refractivity (Wildman–Crippen MR) is 100.0 cm³/mol. The van der Waals surface area contributed by atoms with E-state index in [4.69, 9.17) is 0 Å². The van der Waals surface area contributed by atoms with Crippen molar-refractivity contribution in [3.63, 3.8) is 0 Å². The van der Waals surface area contributed by atoms with Gasteiger partial charge in [-0.15, -0.1) is 0 Å². The number of pyridine rings is 1. The molecule has 0 aliphatic rings. The van der Waals surface area contributed by atoms with E-state index in [0.29, 0.717) is 17.7 Å². The zero-order valence-electron chi connectivity index (χ0n) is 15.3. The normalized spacial score (nSPS) is 10.4. The van der Waals surface area contributed by atoms with Gasteiger partial charge in [0.05, 0.1) is 11.1 Å². The summed E-state index contributed by atoms with van der Waals surface area (Å²) in [6.45, 7) is 6.73. The number of hydrogen-bond acceptors (Lipinski definition) is 3. The lowest BCUT2D eigenvalue weighted by Gasteiger charge is -2.17. The minimum Gasteiger partial charge on any atom is -0.342 e. The number of nitrogens with zero attached hydrogens (tertiary/aromatic N) is 2. The van der Waals surface area contributed by atoms with Crippen LogP contribution in [0.4, 0.5) is 5.69 Å². The molecule has 0 aliphatic carbocycles. The standard InChI is InChI=1S/C20H25N3O2/c1-5-6-10-23(4)20(25)17-11-16(12-21-13-17)19(24)22-18-9-7-8-14(2)15(18)3/h7-9,11-13H,5-6,10H2,1-4H3,(H,22,24). The molecule has 5 heteroatoms. The molecule has 0 spiro atoms. The van der Waals surface area contributed by atoms with Crippen molar-refractivity contribution in [3.8, 4) is 0 Å². The van der Waals surface area contributed by atoms with Crippen molar-refractivity contribution >= 4 is 17.5 Å². The third-order valence-corrected chi connectivity index (χ3v) is 4.29. The molecule has 0 aliphatic heterocycles. The number of hydrogen-bond donors (Lipinski definition) is 1. The molecule has 2 amide bonds. The number of aryl methyl sites for hydroxylation is 1. The molecule has 5 nitrogen and oxygen atoms in total. The van der Waals surface area contributed by atoms with E-state index in [2.05, 4.69) is 17.2 Å². The molecule has 1 heterocycles. The van der Waals surface area contributed by atoms with Gasteiger partial charge in [-0.2, -0.15) is 0 Å². The molecule has 25 heavy (non-hydrogen) atoms. The van der Waals surface area contributed by atoms with Gasteiger partial charge in [0.25, 0.3) is 11.8 Å². The van der Waals surface area contributed by atoms with Gasteiger partial charge < -0.3 is 10.2 Å². The molecule has 2 rings (SSSR count). The van der Waals surface area contributed by atoms with Crippen molar-refractivity contribution in [2.24, 2.45) is 0 Å². The van der Waals surface area contributed by atoms with E-state index in [1.807, 2.05) is 32.0 Å². The summed E-state index contributed by atoms with van der Waals surface area (Å²) in [7, 11) is 1.76. The summed E-state index contributed by atoms with van der Waals surface area (Å²) in [4.78, 5) is 30.7. The highest BCUT2D eigenvalue weighted by molar-refractivity contribution is 6.06. The highest BCUT2D eigenvalue weighted by Crippen LogP contribution is 2.19. The zero-order valence-corrected chi connectivity index (χ0v) is 15.3. The molecule has 132 valence electrons. The number of unbranched alkanes of at least 4 members (excludes halogenated alkanes) is 1. The second kappa shape index (κ2) is 8.42. The smallest absolute Gasteiger partial charge is 0.257 e. The van der Waals surface area contributed by atoms with Crippen LogP contribution >= 0.6 is 0 Å². The monoisotopic (exact) mass is 339 g/mol. The number of benzene rings is 1.